The van der Waals surface area contributed by atoms with Crippen LogP contribution in [0.1, 0.15) is 23.6 Å². The zero-order chi connectivity index (χ0) is 19.9. The van der Waals surface area contributed by atoms with E-state index >= 15 is 0 Å². The van der Waals surface area contributed by atoms with Gasteiger partial charge in [0.25, 0.3) is 0 Å². The van der Waals surface area contributed by atoms with Crippen molar-refractivity contribution in [1.82, 2.24) is 15.2 Å². The fourth-order valence-electron chi connectivity index (χ4n) is 2.64. The maximum Gasteiger partial charge on any atom is 0.239 e. The number of furan rings is 1. The fourth-order valence-corrected chi connectivity index (χ4v) is 2.64. The molecule has 1 N–H and O–H groups in total. The molecule has 2 amide bonds. The lowest BCUT2D eigenvalue weighted by atomic mass is 10.1. The van der Waals surface area contributed by atoms with Crippen LogP contribution in [0.4, 0.5) is 0 Å². The second-order valence-electron chi connectivity index (χ2n) is 6.59. The Hall–Kier alpha value is -3.35. The molecule has 0 spiro atoms. The summed E-state index contributed by atoms with van der Waals surface area (Å²) >= 11 is 0. The summed E-state index contributed by atoms with van der Waals surface area (Å²) in [6.45, 7) is 2.31. The summed E-state index contributed by atoms with van der Waals surface area (Å²) < 4.78 is 10.9. The van der Waals surface area contributed by atoms with Crippen molar-refractivity contribution in [3.05, 3.63) is 66.1 Å². The summed E-state index contributed by atoms with van der Waals surface area (Å²) in [5.74, 6) is 1.44. The number of rotatable bonds is 8. The van der Waals surface area contributed by atoms with E-state index in [2.05, 4.69) is 10.3 Å². The van der Waals surface area contributed by atoms with Crippen LogP contribution in [0.3, 0.4) is 0 Å². The molecule has 28 heavy (non-hydrogen) atoms. The van der Waals surface area contributed by atoms with Crippen LogP contribution in [-0.4, -0.2) is 35.3 Å². The average Bonchev–Trinajstić information content (AvgIpc) is 3.37. The SMILES string of the molecule is Cc1ccc(-c2cnc(CCC(=O)N(C)CC(=O)NCc3ccco3)o2)cc1. The summed E-state index contributed by atoms with van der Waals surface area (Å²) in [6.07, 6.45) is 3.80. The second-order valence-corrected chi connectivity index (χ2v) is 6.59. The lowest BCUT2D eigenvalue weighted by Crippen LogP contribution is -2.38. The van der Waals surface area contributed by atoms with Crippen molar-refractivity contribution < 1.29 is 18.4 Å². The molecule has 0 aliphatic rings. The predicted octanol–water partition coefficient (Wildman–Crippen LogP) is 2.95. The third-order valence-electron chi connectivity index (χ3n) is 4.29. The molecule has 7 heteroatoms. The summed E-state index contributed by atoms with van der Waals surface area (Å²) in [5.41, 5.74) is 2.12. The van der Waals surface area contributed by atoms with E-state index in [1.54, 1.807) is 31.6 Å². The van der Waals surface area contributed by atoms with E-state index in [9.17, 15) is 9.59 Å². The van der Waals surface area contributed by atoms with Crippen LogP contribution in [0.15, 0.2) is 57.7 Å². The lowest BCUT2D eigenvalue weighted by Gasteiger charge is -2.16. The second kappa shape index (κ2) is 9.03. The molecule has 0 fully saturated rings. The Balaban J connectivity index is 1.44. The van der Waals surface area contributed by atoms with Gasteiger partial charge in [-0.2, -0.15) is 0 Å². The normalized spacial score (nSPS) is 10.6. The van der Waals surface area contributed by atoms with E-state index in [1.165, 1.54) is 10.5 Å². The summed E-state index contributed by atoms with van der Waals surface area (Å²) in [5, 5.41) is 2.71. The summed E-state index contributed by atoms with van der Waals surface area (Å²) in [7, 11) is 1.60. The summed E-state index contributed by atoms with van der Waals surface area (Å²) in [6, 6.07) is 11.5. The number of benzene rings is 1. The van der Waals surface area contributed by atoms with Gasteiger partial charge in [-0.25, -0.2) is 4.98 Å². The smallest absolute Gasteiger partial charge is 0.239 e. The molecule has 1 aromatic carbocycles. The van der Waals surface area contributed by atoms with Crippen molar-refractivity contribution in [2.45, 2.75) is 26.3 Å². The molecule has 0 radical (unpaired) electrons. The molecule has 0 aliphatic heterocycles. The number of likely N-dealkylation sites (N-methyl/N-ethyl adjacent to an activating group) is 1. The van der Waals surface area contributed by atoms with Crippen LogP contribution < -0.4 is 5.32 Å². The molecule has 0 bridgehead atoms. The molecule has 0 saturated carbocycles. The van der Waals surface area contributed by atoms with Gasteiger partial charge in [-0.1, -0.05) is 29.8 Å². The highest BCUT2D eigenvalue weighted by Gasteiger charge is 2.15. The number of amides is 2. The third-order valence-corrected chi connectivity index (χ3v) is 4.29. The van der Waals surface area contributed by atoms with Crippen molar-refractivity contribution in [1.29, 1.82) is 0 Å². The molecule has 0 atom stereocenters. The largest absolute Gasteiger partial charge is 0.467 e. The van der Waals surface area contributed by atoms with Gasteiger partial charge in [0.05, 0.1) is 25.5 Å². The van der Waals surface area contributed by atoms with Crippen LogP contribution >= 0.6 is 0 Å². The molecule has 7 nitrogen and oxygen atoms in total. The van der Waals surface area contributed by atoms with Crippen molar-refractivity contribution in [2.24, 2.45) is 0 Å². The highest BCUT2D eigenvalue weighted by atomic mass is 16.4. The highest BCUT2D eigenvalue weighted by molar-refractivity contribution is 5.84. The molecule has 2 aromatic heterocycles. The van der Waals surface area contributed by atoms with E-state index < -0.39 is 0 Å². The number of aromatic nitrogens is 1. The van der Waals surface area contributed by atoms with E-state index in [4.69, 9.17) is 8.83 Å². The minimum Gasteiger partial charge on any atom is -0.467 e. The Kier molecular flexibility index (Phi) is 6.26. The van der Waals surface area contributed by atoms with Crippen molar-refractivity contribution in [3.63, 3.8) is 0 Å². The number of hydrogen-bond acceptors (Lipinski definition) is 5. The van der Waals surface area contributed by atoms with Crippen molar-refractivity contribution in [2.75, 3.05) is 13.6 Å². The van der Waals surface area contributed by atoms with E-state index in [1.807, 2.05) is 31.2 Å². The van der Waals surface area contributed by atoms with Crippen LogP contribution in [0.5, 0.6) is 0 Å². The Morgan fingerprint density at radius 2 is 1.96 bits per heavy atom. The molecule has 3 aromatic rings. The zero-order valence-corrected chi connectivity index (χ0v) is 16.0. The first-order chi connectivity index (χ1) is 13.5. The topological polar surface area (TPSA) is 88.6 Å². The van der Waals surface area contributed by atoms with Gasteiger partial charge < -0.3 is 19.1 Å². The third kappa shape index (κ3) is 5.33. The van der Waals surface area contributed by atoms with Gasteiger partial charge >= 0.3 is 0 Å². The number of carbonyl (C=O) groups excluding carboxylic acids is 2. The average molecular weight is 381 g/mol. The molecule has 3 rings (SSSR count). The maximum atomic E-state index is 12.3. The molecular formula is C21H23N3O4. The number of carbonyl (C=O) groups is 2. The molecule has 0 aliphatic carbocycles. The van der Waals surface area contributed by atoms with Crippen LogP contribution in [0.2, 0.25) is 0 Å². The predicted molar refractivity (Wildman–Crippen MR) is 103 cm³/mol. The highest BCUT2D eigenvalue weighted by Crippen LogP contribution is 2.21. The monoisotopic (exact) mass is 381 g/mol. The number of hydrogen-bond donors (Lipinski definition) is 1. The quantitative estimate of drug-likeness (QED) is 0.648. The van der Waals surface area contributed by atoms with Crippen LogP contribution in [0, 0.1) is 6.92 Å². The number of aryl methyl sites for hydroxylation is 2. The number of oxazole rings is 1. The van der Waals surface area contributed by atoms with Gasteiger partial charge in [-0.15, -0.1) is 0 Å². The molecule has 146 valence electrons. The maximum absolute atomic E-state index is 12.3. The van der Waals surface area contributed by atoms with Gasteiger partial charge in [0.1, 0.15) is 5.76 Å². The summed E-state index contributed by atoms with van der Waals surface area (Å²) in [4.78, 5) is 29.8. The first-order valence-corrected chi connectivity index (χ1v) is 9.06. The van der Waals surface area contributed by atoms with E-state index in [-0.39, 0.29) is 24.8 Å². The van der Waals surface area contributed by atoms with Crippen molar-refractivity contribution >= 4 is 11.8 Å². The lowest BCUT2D eigenvalue weighted by molar-refractivity contribution is -0.134. The Bertz CT molecular complexity index is 914. The van der Waals surface area contributed by atoms with Gasteiger partial charge in [0.2, 0.25) is 11.8 Å². The fraction of sp³-hybridized carbons (Fsp3) is 0.286. The van der Waals surface area contributed by atoms with Crippen LogP contribution in [-0.2, 0) is 22.6 Å². The minimum atomic E-state index is -0.245. The molecule has 0 unspecified atom stereocenters. The van der Waals surface area contributed by atoms with Crippen LogP contribution in [0.25, 0.3) is 11.3 Å². The minimum absolute atomic E-state index is 0.0141. The number of nitrogens with zero attached hydrogens (tertiary/aromatic N) is 2. The van der Waals surface area contributed by atoms with Gasteiger partial charge in [-0.3, -0.25) is 9.59 Å². The zero-order valence-electron chi connectivity index (χ0n) is 16.0. The Labute approximate surface area is 163 Å². The first kappa shape index (κ1) is 19.4. The van der Waals surface area contributed by atoms with E-state index in [0.29, 0.717) is 30.4 Å². The molecule has 0 saturated heterocycles. The van der Waals surface area contributed by atoms with Gasteiger partial charge in [-0.05, 0) is 19.1 Å². The van der Waals surface area contributed by atoms with E-state index in [0.717, 1.165) is 5.56 Å². The van der Waals surface area contributed by atoms with Crippen molar-refractivity contribution in [3.8, 4) is 11.3 Å². The van der Waals surface area contributed by atoms with Gasteiger partial charge in [0.15, 0.2) is 11.7 Å². The molecule has 2 heterocycles. The standard InChI is InChI=1S/C21H23N3O4/c1-15-5-7-16(8-6-15)18-13-23-20(28-18)9-10-21(26)24(2)14-19(25)22-12-17-4-3-11-27-17/h3-8,11,13H,9-10,12,14H2,1-2H3,(H,22,25). The van der Waals surface area contributed by atoms with Gasteiger partial charge in [0, 0.05) is 25.5 Å². The first-order valence-electron chi connectivity index (χ1n) is 9.06. The molecular weight excluding hydrogens is 358 g/mol. The Morgan fingerprint density at radius 1 is 1.18 bits per heavy atom. The Morgan fingerprint density at radius 3 is 2.68 bits per heavy atom. The number of nitrogens with one attached hydrogen (secondary N) is 1.